The van der Waals surface area contributed by atoms with E-state index in [0.717, 1.165) is 24.5 Å². The number of halogens is 2. The standard InChI is InChI=1S/C16H14ClFN2O/c17-13-5-3-6-14(18)12(13)10-21-15-7-2-1-4-11(15)16-19-8-9-20-16/h1-7H,8-10H2,(H,19,20). The molecule has 2 aromatic rings. The average molecular weight is 305 g/mol. The van der Waals surface area contributed by atoms with Crippen molar-refractivity contribution in [2.75, 3.05) is 13.1 Å². The van der Waals surface area contributed by atoms with Gasteiger partial charge < -0.3 is 10.1 Å². The average Bonchev–Trinajstić information content (AvgIpc) is 3.01. The first-order valence-corrected chi connectivity index (χ1v) is 7.07. The number of nitrogens with one attached hydrogen (secondary N) is 1. The molecule has 0 saturated carbocycles. The van der Waals surface area contributed by atoms with Crippen LogP contribution in [0.1, 0.15) is 11.1 Å². The Morgan fingerprint density at radius 1 is 1.19 bits per heavy atom. The number of nitrogens with zero attached hydrogens (tertiary/aromatic N) is 1. The molecule has 0 atom stereocenters. The third-order valence-electron chi connectivity index (χ3n) is 3.25. The van der Waals surface area contributed by atoms with Gasteiger partial charge in [-0.1, -0.05) is 29.8 Å². The molecular formula is C16H14ClFN2O. The third-order valence-corrected chi connectivity index (χ3v) is 3.60. The summed E-state index contributed by atoms with van der Waals surface area (Å²) in [7, 11) is 0. The first-order valence-electron chi connectivity index (χ1n) is 6.69. The van der Waals surface area contributed by atoms with Crippen LogP contribution in [-0.2, 0) is 6.61 Å². The van der Waals surface area contributed by atoms with E-state index < -0.39 is 0 Å². The Balaban J connectivity index is 1.83. The van der Waals surface area contributed by atoms with E-state index in [0.29, 0.717) is 16.3 Å². The van der Waals surface area contributed by atoms with Crippen LogP contribution in [0.3, 0.4) is 0 Å². The molecule has 0 aromatic heterocycles. The van der Waals surface area contributed by atoms with Gasteiger partial charge >= 0.3 is 0 Å². The van der Waals surface area contributed by atoms with Gasteiger partial charge in [0.25, 0.3) is 0 Å². The van der Waals surface area contributed by atoms with Crippen LogP contribution >= 0.6 is 11.6 Å². The summed E-state index contributed by atoms with van der Waals surface area (Å²) in [6.45, 7) is 1.65. The fraction of sp³-hybridized carbons (Fsp3) is 0.188. The Bertz CT molecular complexity index is 667. The van der Waals surface area contributed by atoms with Crippen molar-refractivity contribution >= 4 is 17.4 Å². The molecule has 0 saturated heterocycles. The lowest BCUT2D eigenvalue weighted by Crippen LogP contribution is -2.20. The van der Waals surface area contributed by atoms with Crippen molar-refractivity contribution in [2.24, 2.45) is 4.99 Å². The van der Waals surface area contributed by atoms with Crippen molar-refractivity contribution < 1.29 is 9.13 Å². The van der Waals surface area contributed by atoms with Gasteiger partial charge in [0.15, 0.2) is 0 Å². The Morgan fingerprint density at radius 2 is 2.05 bits per heavy atom. The lowest BCUT2D eigenvalue weighted by Gasteiger charge is -2.13. The van der Waals surface area contributed by atoms with E-state index in [1.54, 1.807) is 12.1 Å². The molecule has 0 aliphatic carbocycles. The molecule has 21 heavy (non-hydrogen) atoms. The van der Waals surface area contributed by atoms with Crippen LogP contribution in [0, 0.1) is 5.82 Å². The molecule has 2 aromatic carbocycles. The fourth-order valence-electron chi connectivity index (χ4n) is 2.19. The summed E-state index contributed by atoms with van der Waals surface area (Å²) in [5.74, 6) is 1.10. The number of aliphatic imine (C=N–C) groups is 1. The van der Waals surface area contributed by atoms with E-state index in [1.807, 2.05) is 24.3 Å². The highest BCUT2D eigenvalue weighted by Gasteiger charge is 2.14. The molecular weight excluding hydrogens is 291 g/mol. The monoisotopic (exact) mass is 304 g/mol. The van der Waals surface area contributed by atoms with Crippen LogP contribution in [0.15, 0.2) is 47.5 Å². The quantitative estimate of drug-likeness (QED) is 0.939. The van der Waals surface area contributed by atoms with Gasteiger partial charge in [0, 0.05) is 12.1 Å². The molecule has 0 spiro atoms. The van der Waals surface area contributed by atoms with Crippen molar-refractivity contribution in [1.29, 1.82) is 0 Å². The van der Waals surface area contributed by atoms with Gasteiger partial charge in [-0.15, -0.1) is 0 Å². The second-order valence-corrected chi connectivity index (χ2v) is 5.05. The summed E-state index contributed by atoms with van der Waals surface area (Å²) in [5, 5.41) is 3.57. The molecule has 1 aliphatic heterocycles. The highest BCUT2D eigenvalue weighted by Crippen LogP contribution is 2.24. The molecule has 5 heteroatoms. The molecule has 0 bridgehead atoms. The van der Waals surface area contributed by atoms with Crippen LogP contribution < -0.4 is 10.1 Å². The summed E-state index contributed by atoms with van der Waals surface area (Å²) in [6.07, 6.45) is 0. The predicted octanol–water partition coefficient (Wildman–Crippen LogP) is 3.41. The van der Waals surface area contributed by atoms with E-state index in [-0.39, 0.29) is 12.4 Å². The maximum atomic E-state index is 13.8. The number of hydrogen-bond acceptors (Lipinski definition) is 3. The number of amidine groups is 1. The van der Waals surface area contributed by atoms with Gasteiger partial charge in [0.05, 0.1) is 17.1 Å². The molecule has 0 amide bonds. The molecule has 0 unspecified atom stereocenters. The molecule has 108 valence electrons. The second-order valence-electron chi connectivity index (χ2n) is 4.64. The molecule has 1 heterocycles. The summed E-state index contributed by atoms with van der Waals surface area (Å²) >= 11 is 6.01. The minimum Gasteiger partial charge on any atom is -0.488 e. The highest BCUT2D eigenvalue weighted by atomic mass is 35.5. The van der Waals surface area contributed by atoms with E-state index in [2.05, 4.69) is 10.3 Å². The fourth-order valence-corrected chi connectivity index (χ4v) is 2.40. The SMILES string of the molecule is Fc1cccc(Cl)c1COc1ccccc1C1=NCCN1. The number of benzene rings is 2. The predicted molar refractivity (Wildman–Crippen MR) is 81.6 cm³/mol. The topological polar surface area (TPSA) is 33.6 Å². The van der Waals surface area contributed by atoms with Crippen LogP contribution in [-0.4, -0.2) is 18.9 Å². The molecule has 0 radical (unpaired) electrons. The summed E-state index contributed by atoms with van der Waals surface area (Å²) in [4.78, 5) is 4.38. The van der Waals surface area contributed by atoms with E-state index >= 15 is 0 Å². The first-order chi connectivity index (χ1) is 10.3. The number of rotatable bonds is 4. The van der Waals surface area contributed by atoms with Gasteiger partial charge in [-0.2, -0.15) is 0 Å². The Morgan fingerprint density at radius 3 is 2.81 bits per heavy atom. The third kappa shape index (κ3) is 3.00. The summed E-state index contributed by atoms with van der Waals surface area (Å²) in [5.41, 5.74) is 1.23. The lowest BCUT2D eigenvalue weighted by molar-refractivity contribution is 0.299. The van der Waals surface area contributed by atoms with Crippen LogP contribution in [0.25, 0.3) is 0 Å². The van der Waals surface area contributed by atoms with Crippen molar-refractivity contribution in [3.63, 3.8) is 0 Å². The first kappa shape index (κ1) is 13.9. The van der Waals surface area contributed by atoms with Gasteiger partial charge in [0.2, 0.25) is 0 Å². The second kappa shape index (κ2) is 6.14. The van der Waals surface area contributed by atoms with Crippen molar-refractivity contribution in [2.45, 2.75) is 6.61 Å². The van der Waals surface area contributed by atoms with E-state index in [9.17, 15) is 4.39 Å². The Hall–Kier alpha value is -2.07. The number of ether oxygens (including phenoxy) is 1. The zero-order valence-electron chi connectivity index (χ0n) is 11.3. The number of para-hydroxylation sites is 1. The molecule has 3 nitrogen and oxygen atoms in total. The highest BCUT2D eigenvalue weighted by molar-refractivity contribution is 6.31. The minimum atomic E-state index is -0.365. The maximum Gasteiger partial charge on any atom is 0.132 e. The molecule has 1 aliphatic rings. The van der Waals surface area contributed by atoms with E-state index in [1.165, 1.54) is 6.07 Å². The summed E-state index contributed by atoms with van der Waals surface area (Å²) in [6, 6.07) is 12.2. The van der Waals surface area contributed by atoms with Crippen LogP contribution in [0.4, 0.5) is 4.39 Å². The minimum absolute atomic E-state index is 0.0792. The Kier molecular flexibility index (Phi) is 4.06. The molecule has 1 N–H and O–H groups in total. The molecule has 3 rings (SSSR count). The zero-order chi connectivity index (χ0) is 14.7. The van der Waals surface area contributed by atoms with Crippen LogP contribution in [0.5, 0.6) is 5.75 Å². The molecule has 0 fully saturated rings. The van der Waals surface area contributed by atoms with Crippen molar-refractivity contribution in [3.8, 4) is 5.75 Å². The summed E-state index contributed by atoms with van der Waals surface area (Å²) < 4.78 is 19.5. The van der Waals surface area contributed by atoms with Gasteiger partial charge in [0.1, 0.15) is 24.0 Å². The van der Waals surface area contributed by atoms with Gasteiger partial charge in [-0.05, 0) is 24.3 Å². The van der Waals surface area contributed by atoms with Crippen LogP contribution in [0.2, 0.25) is 5.02 Å². The number of hydrogen-bond donors (Lipinski definition) is 1. The van der Waals surface area contributed by atoms with E-state index in [4.69, 9.17) is 16.3 Å². The smallest absolute Gasteiger partial charge is 0.132 e. The van der Waals surface area contributed by atoms with Gasteiger partial charge in [-0.25, -0.2) is 4.39 Å². The lowest BCUT2D eigenvalue weighted by atomic mass is 10.1. The normalized spacial score (nSPS) is 13.7. The Labute approximate surface area is 127 Å². The van der Waals surface area contributed by atoms with Crippen molar-refractivity contribution in [1.82, 2.24) is 5.32 Å². The zero-order valence-corrected chi connectivity index (χ0v) is 12.0. The maximum absolute atomic E-state index is 13.8. The largest absolute Gasteiger partial charge is 0.488 e. The van der Waals surface area contributed by atoms with Crippen molar-refractivity contribution in [3.05, 3.63) is 64.4 Å². The van der Waals surface area contributed by atoms with Gasteiger partial charge in [-0.3, -0.25) is 4.99 Å².